The first-order valence-electron chi connectivity index (χ1n) is 4.75. The predicted octanol–water partition coefficient (Wildman–Crippen LogP) is 0.534. The highest BCUT2D eigenvalue weighted by atomic mass is 16.1. The summed E-state index contributed by atoms with van der Waals surface area (Å²) in [5.74, 6) is 0. The monoisotopic (exact) mass is 195 g/mol. The molecule has 4 nitrogen and oxygen atoms in total. The van der Waals surface area contributed by atoms with Crippen LogP contribution in [0.1, 0.15) is 13.3 Å². The number of pyridine rings is 1. The topological polar surface area (TPSA) is 60.0 Å². The third-order valence-corrected chi connectivity index (χ3v) is 2.03. The maximum atomic E-state index is 11.2. The second kappa shape index (κ2) is 4.81. The van der Waals surface area contributed by atoms with E-state index in [9.17, 15) is 4.79 Å². The number of hydrogen-bond acceptors (Lipinski definition) is 3. The lowest BCUT2D eigenvalue weighted by molar-refractivity contribution is 0.690. The van der Waals surface area contributed by atoms with Crippen LogP contribution in [0, 0.1) is 0 Å². The summed E-state index contributed by atoms with van der Waals surface area (Å²) in [6.07, 6.45) is 2.64. The summed E-state index contributed by atoms with van der Waals surface area (Å²) in [5, 5.41) is 3.15. The molecule has 0 saturated heterocycles. The number of anilines is 1. The van der Waals surface area contributed by atoms with Crippen LogP contribution in [-0.4, -0.2) is 17.2 Å². The highest BCUT2D eigenvalue weighted by molar-refractivity contribution is 5.40. The molecule has 4 heteroatoms. The van der Waals surface area contributed by atoms with E-state index in [0.29, 0.717) is 0 Å². The van der Waals surface area contributed by atoms with E-state index >= 15 is 0 Å². The molecule has 1 unspecified atom stereocenters. The first kappa shape index (κ1) is 10.8. The van der Waals surface area contributed by atoms with Gasteiger partial charge in [0.2, 0.25) is 0 Å². The number of hydrogen-bond donors (Lipinski definition) is 2. The number of aryl methyl sites for hydroxylation is 1. The first-order chi connectivity index (χ1) is 6.59. The van der Waals surface area contributed by atoms with Gasteiger partial charge in [0.05, 0.1) is 0 Å². The molecular weight excluding hydrogens is 178 g/mol. The van der Waals surface area contributed by atoms with Gasteiger partial charge in [-0.3, -0.25) is 4.79 Å². The van der Waals surface area contributed by atoms with E-state index < -0.39 is 0 Å². The Hall–Kier alpha value is -1.29. The maximum absolute atomic E-state index is 11.2. The molecule has 1 heterocycles. The molecule has 0 saturated carbocycles. The molecule has 1 aromatic heterocycles. The van der Waals surface area contributed by atoms with E-state index in [1.54, 1.807) is 19.3 Å². The van der Waals surface area contributed by atoms with Gasteiger partial charge in [0.15, 0.2) is 0 Å². The van der Waals surface area contributed by atoms with Crippen molar-refractivity contribution < 1.29 is 0 Å². The quantitative estimate of drug-likeness (QED) is 0.737. The molecule has 0 aromatic carbocycles. The molecule has 0 aliphatic rings. The fourth-order valence-electron chi connectivity index (χ4n) is 1.10. The van der Waals surface area contributed by atoms with Gasteiger partial charge in [-0.15, -0.1) is 0 Å². The molecule has 1 rings (SSSR count). The van der Waals surface area contributed by atoms with Gasteiger partial charge < -0.3 is 15.6 Å². The van der Waals surface area contributed by atoms with E-state index in [4.69, 9.17) is 5.73 Å². The molecule has 0 radical (unpaired) electrons. The Morgan fingerprint density at radius 1 is 1.64 bits per heavy atom. The lowest BCUT2D eigenvalue weighted by Gasteiger charge is -2.08. The van der Waals surface area contributed by atoms with Crippen molar-refractivity contribution in [2.45, 2.75) is 19.4 Å². The minimum Gasteiger partial charge on any atom is -0.385 e. The summed E-state index contributed by atoms with van der Waals surface area (Å²) >= 11 is 0. The largest absolute Gasteiger partial charge is 0.385 e. The van der Waals surface area contributed by atoms with E-state index in [-0.39, 0.29) is 11.6 Å². The molecule has 0 spiro atoms. The molecule has 14 heavy (non-hydrogen) atoms. The Bertz CT molecular complexity index is 343. The van der Waals surface area contributed by atoms with Crippen molar-refractivity contribution in [1.29, 1.82) is 0 Å². The molecule has 1 aromatic rings. The third-order valence-electron chi connectivity index (χ3n) is 2.03. The van der Waals surface area contributed by atoms with Gasteiger partial charge in [0.1, 0.15) is 0 Å². The second-order valence-electron chi connectivity index (χ2n) is 3.56. The van der Waals surface area contributed by atoms with Gasteiger partial charge in [-0.2, -0.15) is 0 Å². The van der Waals surface area contributed by atoms with Crippen LogP contribution in [0.15, 0.2) is 23.1 Å². The van der Waals surface area contributed by atoms with Crippen LogP contribution < -0.4 is 16.6 Å². The number of nitrogens with zero attached hydrogens (tertiary/aromatic N) is 1. The SMILES string of the molecule is CC(N)CCNc1ccn(C)c(=O)c1. The molecule has 0 fully saturated rings. The smallest absolute Gasteiger partial charge is 0.252 e. The number of nitrogens with one attached hydrogen (secondary N) is 1. The third kappa shape index (κ3) is 3.22. The van der Waals surface area contributed by atoms with Crippen LogP contribution >= 0.6 is 0 Å². The van der Waals surface area contributed by atoms with Crippen molar-refractivity contribution in [2.75, 3.05) is 11.9 Å². The molecule has 1 atom stereocenters. The molecule has 0 aliphatic carbocycles. The Labute approximate surface area is 83.7 Å². The average molecular weight is 195 g/mol. The van der Waals surface area contributed by atoms with Crippen molar-refractivity contribution in [3.8, 4) is 0 Å². The van der Waals surface area contributed by atoms with Gasteiger partial charge in [-0.25, -0.2) is 0 Å². The van der Waals surface area contributed by atoms with Gasteiger partial charge in [0.25, 0.3) is 5.56 Å². The maximum Gasteiger partial charge on any atom is 0.252 e. The zero-order valence-corrected chi connectivity index (χ0v) is 8.66. The summed E-state index contributed by atoms with van der Waals surface area (Å²) in [4.78, 5) is 11.2. The van der Waals surface area contributed by atoms with E-state index in [1.807, 2.05) is 13.0 Å². The standard InChI is InChI=1S/C10H17N3O/c1-8(11)3-5-12-9-4-6-13(2)10(14)7-9/h4,6-8,12H,3,5,11H2,1-2H3. The zero-order valence-electron chi connectivity index (χ0n) is 8.66. The Morgan fingerprint density at radius 2 is 2.36 bits per heavy atom. The molecule has 0 amide bonds. The lowest BCUT2D eigenvalue weighted by atomic mass is 10.2. The summed E-state index contributed by atoms with van der Waals surface area (Å²) in [6, 6.07) is 3.65. The highest BCUT2D eigenvalue weighted by Crippen LogP contribution is 2.01. The lowest BCUT2D eigenvalue weighted by Crippen LogP contribution is -2.20. The Balaban J connectivity index is 2.52. The Morgan fingerprint density at radius 3 is 2.93 bits per heavy atom. The van der Waals surface area contributed by atoms with Gasteiger partial charge in [-0.05, 0) is 19.4 Å². The number of nitrogens with two attached hydrogens (primary N) is 1. The average Bonchev–Trinajstić information content (AvgIpc) is 2.10. The molecular formula is C10H17N3O. The predicted molar refractivity (Wildman–Crippen MR) is 58.4 cm³/mol. The molecule has 0 bridgehead atoms. The van der Waals surface area contributed by atoms with Crippen LogP contribution in [-0.2, 0) is 7.05 Å². The summed E-state index contributed by atoms with van der Waals surface area (Å²) in [7, 11) is 1.73. The Kier molecular flexibility index (Phi) is 3.71. The van der Waals surface area contributed by atoms with Gasteiger partial charge >= 0.3 is 0 Å². The minimum absolute atomic E-state index is 0.00389. The van der Waals surface area contributed by atoms with Crippen LogP contribution in [0.4, 0.5) is 5.69 Å². The normalized spacial score (nSPS) is 12.5. The second-order valence-corrected chi connectivity index (χ2v) is 3.56. The number of rotatable bonds is 4. The van der Waals surface area contributed by atoms with Gasteiger partial charge in [0, 0.05) is 37.6 Å². The zero-order chi connectivity index (χ0) is 10.6. The molecule has 3 N–H and O–H groups in total. The van der Waals surface area contributed by atoms with Crippen LogP contribution in [0.25, 0.3) is 0 Å². The van der Waals surface area contributed by atoms with E-state index in [0.717, 1.165) is 18.7 Å². The first-order valence-corrected chi connectivity index (χ1v) is 4.75. The van der Waals surface area contributed by atoms with Crippen molar-refractivity contribution in [2.24, 2.45) is 12.8 Å². The summed E-state index contributed by atoms with van der Waals surface area (Å²) in [6.45, 7) is 2.76. The van der Waals surface area contributed by atoms with Crippen molar-refractivity contribution >= 4 is 5.69 Å². The number of aromatic nitrogens is 1. The minimum atomic E-state index is -0.00389. The van der Waals surface area contributed by atoms with Crippen molar-refractivity contribution in [3.63, 3.8) is 0 Å². The van der Waals surface area contributed by atoms with Crippen LogP contribution in [0.5, 0.6) is 0 Å². The van der Waals surface area contributed by atoms with Crippen LogP contribution in [0.2, 0.25) is 0 Å². The fourth-order valence-corrected chi connectivity index (χ4v) is 1.10. The van der Waals surface area contributed by atoms with E-state index in [2.05, 4.69) is 5.32 Å². The van der Waals surface area contributed by atoms with E-state index in [1.165, 1.54) is 4.57 Å². The molecule has 0 aliphatic heterocycles. The van der Waals surface area contributed by atoms with Crippen molar-refractivity contribution in [1.82, 2.24) is 4.57 Å². The summed E-state index contributed by atoms with van der Waals surface area (Å²) in [5.41, 5.74) is 6.46. The van der Waals surface area contributed by atoms with Crippen LogP contribution in [0.3, 0.4) is 0 Å². The fraction of sp³-hybridized carbons (Fsp3) is 0.500. The van der Waals surface area contributed by atoms with Gasteiger partial charge in [-0.1, -0.05) is 0 Å². The van der Waals surface area contributed by atoms with Crippen molar-refractivity contribution in [3.05, 3.63) is 28.7 Å². The summed E-state index contributed by atoms with van der Waals surface area (Å²) < 4.78 is 1.54. The highest BCUT2D eigenvalue weighted by Gasteiger charge is 1.96. The molecule has 78 valence electrons.